The largest absolute Gasteiger partial charge is 0.484 e. The Hall–Kier alpha value is -2.15. The predicted molar refractivity (Wildman–Crippen MR) is 87.5 cm³/mol. The lowest BCUT2D eigenvalue weighted by Crippen LogP contribution is -2.50. The van der Waals surface area contributed by atoms with Crippen molar-refractivity contribution in [1.29, 1.82) is 0 Å². The van der Waals surface area contributed by atoms with Crippen molar-refractivity contribution < 1.29 is 13.9 Å². The number of ether oxygens (including phenoxy) is 1. The Labute approximate surface area is 138 Å². The minimum absolute atomic E-state index is 0.0258. The number of carbonyl (C=O) groups excluding carboxylic acids is 1. The SMILES string of the molecule is Cc1csc(N2CCN(C(=O)COc3ccc(F)cc3)CC2)n1. The fraction of sp³-hybridized carbons (Fsp3) is 0.375. The maximum Gasteiger partial charge on any atom is 0.260 e. The fourth-order valence-corrected chi connectivity index (χ4v) is 3.26. The van der Waals surface area contributed by atoms with E-state index in [4.69, 9.17) is 4.74 Å². The Bertz CT molecular complexity index is 666. The van der Waals surface area contributed by atoms with Crippen molar-refractivity contribution in [3.05, 3.63) is 41.2 Å². The summed E-state index contributed by atoms with van der Waals surface area (Å²) in [6.45, 7) is 4.81. The van der Waals surface area contributed by atoms with Gasteiger partial charge in [0.15, 0.2) is 11.7 Å². The van der Waals surface area contributed by atoms with E-state index < -0.39 is 0 Å². The molecule has 0 unspecified atom stereocenters. The number of aromatic nitrogens is 1. The van der Waals surface area contributed by atoms with Crippen molar-refractivity contribution in [2.24, 2.45) is 0 Å². The van der Waals surface area contributed by atoms with Gasteiger partial charge in [0.25, 0.3) is 5.91 Å². The van der Waals surface area contributed by atoms with Crippen LogP contribution in [0.3, 0.4) is 0 Å². The fourth-order valence-electron chi connectivity index (χ4n) is 2.40. The summed E-state index contributed by atoms with van der Waals surface area (Å²) < 4.78 is 18.2. The van der Waals surface area contributed by atoms with Gasteiger partial charge in [0.2, 0.25) is 0 Å². The monoisotopic (exact) mass is 335 g/mol. The molecule has 0 saturated carbocycles. The minimum Gasteiger partial charge on any atom is -0.484 e. The van der Waals surface area contributed by atoms with Gasteiger partial charge in [0, 0.05) is 31.6 Å². The third kappa shape index (κ3) is 3.98. The van der Waals surface area contributed by atoms with E-state index in [-0.39, 0.29) is 18.3 Å². The Balaban J connectivity index is 1.47. The number of thiazole rings is 1. The molecule has 7 heteroatoms. The molecule has 3 rings (SSSR count). The molecule has 0 bridgehead atoms. The molecule has 0 aliphatic carbocycles. The van der Waals surface area contributed by atoms with Gasteiger partial charge in [0.05, 0.1) is 5.69 Å². The molecule has 5 nitrogen and oxygen atoms in total. The van der Waals surface area contributed by atoms with E-state index in [1.165, 1.54) is 24.3 Å². The molecule has 1 aliphatic rings. The summed E-state index contributed by atoms with van der Waals surface area (Å²) in [4.78, 5) is 20.6. The molecule has 0 atom stereocenters. The second-order valence-electron chi connectivity index (χ2n) is 5.38. The predicted octanol–water partition coefficient (Wildman–Crippen LogP) is 2.32. The van der Waals surface area contributed by atoms with Gasteiger partial charge in [-0.3, -0.25) is 4.79 Å². The number of anilines is 1. The van der Waals surface area contributed by atoms with Gasteiger partial charge in [-0.05, 0) is 31.2 Å². The second kappa shape index (κ2) is 6.95. The molecule has 2 heterocycles. The maximum atomic E-state index is 12.8. The van der Waals surface area contributed by atoms with Crippen LogP contribution >= 0.6 is 11.3 Å². The number of nitrogens with zero attached hydrogens (tertiary/aromatic N) is 3. The molecule has 1 fully saturated rings. The summed E-state index contributed by atoms with van der Waals surface area (Å²) in [5.41, 5.74) is 1.02. The number of aryl methyl sites for hydroxylation is 1. The summed E-state index contributed by atoms with van der Waals surface area (Å²) in [6.07, 6.45) is 0. The first kappa shape index (κ1) is 15.7. The van der Waals surface area contributed by atoms with Crippen LogP contribution in [0.25, 0.3) is 0 Å². The van der Waals surface area contributed by atoms with E-state index in [0.29, 0.717) is 18.8 Å². The normalized spacial score (nSPS) is 14.9. The standard InChI is InChI=1S/C16H18FN3O2S/c1-12-11-23-16(18-12)20-8-6-19(7-9-20)15(21)10-22-14-4-2-13(17)3-5-14/h2-5,11H,6-10H2,1H3. The van der Waals surface area contributed by atoms with Crippen molar-refractivity contribution in [2.45, 2.75) is 6.92 Å². The van der Waals surface area contributed by atoms with Crippen molar-refractivity contribution >= 4 is 22.4 Å². The van der Waals surface area contributed by atoms with Crippen LogP contribution in [0.5, 0.6) is 5.75 Å². The highest BCUT2D eigenvalue weighted by Gasteiger charge is 2.22. The van der Waals surface area contributed by atoms with Gasteiger partial charge in [-0.2, -0.15) is 0 Å². The van der Waals surface area contributed by atoms with Crippen LogP contribution in [-0.4, -0.2) is 48.6 Å². The highest BCUT2D eigenvalue weighted by molar-refractivity contribution is 7.13. The average molecular weight is 335 g/mol. The van der Waals surface area contributed by atoms with Gasteiger partial charge < -0.3 is 14.5 Å². The van der Waals surface area contributed by atoms with Crippen LogP contribution in [0, 0.1) is 12.7 Å². The van der Waals surface area contributed by atoms with E-state index in [0.717, 1.165) is 23.9 Å². The summed E-state index contributed by atoms with van der Waals surface area (Å²) in [5, 5.41) is 3.04. The topological polar surface area (TPSA) is 45.7 Å². The van der Waals surface area contributed by atoms with Crippen LogP contribution in [0.2, 0.25) is 0 Å². The summed E-state index contributed by atoms with van der Waals surface area (Å²) in [5.74, 6) is 0.123. The number of rotatable bonds is 4. The molecule has 1 saturated heterocycles. The smallest absolute Gasteiger partial charge is 0.260 e. The van der Waals surface area contributed by atoms with E-state index in [9.17, 15) is 9.18 Å². The van der Waals surface area contributed by atoms with Crippen LogP contribution in [0.1, 0.15) is 5.69 Å². The van der Waals surface area contributed by atoms with Crippen molar-refractivity contribution in [3.8, 4) is 5.75 Å². The highest BCUT2D eigenvalue weighted by atomic mass is 32.1. The first-order valence-corrected chi connectivity index (χ1v) is 8.33. The lowest BCUT2D eigenvalue weighted by molar-refractivity contribution is -0.133. The molecule has 1 aromatic carbocycles. The molecule has 0 radical (unpaired) electrons. The number of halogens is 1. The summed E-state index contributed by atoms with van der Waals surface area (Å²) in [6, 6.07) is 5.67. The number of benzene rings is 1. The Morgan fingerprint density at radius 1 is 1.26 bits per heavy atom. The van der Waals surface area contributed by atoms with Crippen molar-refractivity contribution in [1.82, 2.24) is 9.88 Å². The van der Waals surface area contributed by atoms with Gasteiger partial charge in [-0.15, -0.1) is 11.3 Å². The molecule has 23 heavy (non-hydrogen) atoms. The Morgan fingerprint density at radius 3 is 2.57 bits per heavy atom. The molecular formula is C16H18FN3O2S. The Kier molecular flexibility index (Phi) is 4.76. The lowest BCUT2D eigenvalue weighted by atomic mass is 10.3. The zero-order valence-corrected chi connectivity index (χ0v) is 13.7. The first-order valence-electron chi connectivity index (χ1n) is 7.45. The number of hydrogen-bond donors (Lipinski definition) is 0. The quantitative estimate of drug-likeness (QED) is 0.860. The van der Waals surface area contributed by atoms with Gasteiger partial charge in [-0.25, -0.2) is 9.37 Å². The van der Waals surface area contributed by atoms with E-state index in [1.54, 1.807) is 16.2 Å². The molecule has 1 aliphatic heterocycles. The molecule has 1 aromatic heterocycles. The number of amides is 1. The van der Waals surface area contributed by atoms with Crippen LogP contribution in [0.15, 0.2) is 29.6 Å². The Morgan fingerprint density at radius 2 is 1.96 bits per heavy atom. The lowest BCUT2D eigenvalue weighted by Gasteiger charge is -2.34. The van der Waals surface area contributed by atoms with E-state index in [2.05, 4.69) is 9.88 Å². The summed E-state index contributed by atoms with van der Waals surface area (Å²) >= 11 is 1.63. The summed E-state index contributed by atoms with van der Waals surface area (Å²) in [7, 11) is 0. The van der Waals surface area contributed by atoms with Gasteiger partial charge in [-0.1, -0.05) is 0 Å². The van der Waals surface area contributed by atoms with E-state index in [1.807, 2.05) is 12.3 Å². The molecule has 122 valence electrons. The van der Waals surface area contributed by atoms with Crippen LogP contribution in [-0.2, 0) is 4.79 Å². The highest BCUT2D eigenvalue weighted by Crippen LogP contribution is 2.21. The van der Waals surface area contributed by atoms with E-state index >= 15 is 0 Å². The molecule has 1 amide bonds. The van der Waals surface area contributed by atoms with Crippen LogP contribution < -0.4 is 9.64 Å². The number of piperazine rings is 1. The van der Waals surface area contributed by atoms with Crippen molar-refractivity contribution in [2.75, 3.05) is 37.7 Å². The molecule has 2 aromatic rings. The van der Waals surface area contributed by atoms with Gasteiger partial charge >= 0.3 is 0 Å². The first-order chi connectivity index (χ1) is 11.1. The number of hydrogen-bond acceptors (Lipinski definition) is 5. The molecule has 0 N–H and O–H groups in total. The molecule has 0 spiro atoms. The zero-order chi connectivity index (χ0) is 16.2. The van der Waals surface area contributed by atoms with Crippen molar-refractivity contribution in [3.63, 3.8) is 0 Å². The third-order valence-electron chi connectivity index (χ3n) is 3.69. The van der Waals surface area contributed by atoms with Crippen LogP contribution in [0.4, 0.5) is 9.52 Å². The molecular weight excluding hydrogens is 317 g/mol. The minimum atomic E-state index is -0.322. The second-order valence-corrected chi connectivity index (χ2v) is 6.22. The zero-order valence-electron chi connectivity index (χ0n) is 12.9. The number of carbonyl (C=O) groups is 1. The van der Waals surface area contributed by atoms with Gasteiger partial charge in [0.1, 0.15) is 11.6 Å². The maximum absolute atomic E-state index is 12.8. The average Bonchev–Trinajstić information content (AvgIpc) is 3.01. The third-order valence-corrected chi connectivity index (χ3v) is 4.70.